The lowest BCUT2D eigenvalue weighted by molar-refractivity contribution is 0.0730. The third kappa shape index (κ3) is 5.87. The van der Waals surface area contributed by atoms with Gasteiger partial charge in [0.05, 0.1) is 38.9 Å². The highest BCUT2D eigenvalue weighted by Gasteiger charge is 2.26. The maximum Gasteiger partial charge on any atom is 0.243 e. The molecule has 1 saturated heterocycles. The molecule has 0 aliphatic carbocycles. The van der Waals surface area contributed by atoms with Gasteiger partial charge >= 0.3 is 0 Å². The number of nitrogens with one attached hydrogen (secondary N) is 2. The Morgan fingerprint density at radius 1 is 1.06 bits per heavy atom. The molecule has 1 aliphatic heterocycles. The summed E-state index contributed by atoms with van der Waals surface area (Å²) in [7, 11) is -3.55. The molecule has 166 valence electrons. The molecular weight excluding hydrogens is 503 g/mol. The van der Waals surface area contributed by atoms with E-state index in [4.69, 9.17) is 51.8 Å². The standard InChI is InChI=1S/C19H19Cl3N4O3S2/c1-12(15-6-7-16(20)18(22)17(15)21)24-25-19(30)23-13-2-4-14(5-3-13)31(27,28)26-8-10-29-11-9-26/h2-7H,8-11H2,1H3,(H2,23,25,30)/b24-12-. The predicted octanol–water partition coefficient (Wildman–Crippen LogP) is 4.38. The maximum atomic E-state index is 12.7. The summed E-state index contributed by atoms with van der Waals surface area (Å²) in [5.74, 6) is 0. The predicted molar refractivity (Wildman–Crippen MR) is 129 cm³/mol. The summed E-state index contributed by atoms with van der Waals surface area (Å²) in [6, 6.07) is 9.66. The Labute approximate surface area is 201 Å². The molecule has 2 aromatic carbocycles. The van der Waals surface area contributed by atoms with E-state index in [0.29, 0.717) is 53.3 Å². The summed E-state index contributed by atoms with van der Waals surface area (Å²) in [6.45, 7) is 3.22. The zero-order valence-electron chi connectivity index (χ0n) is 16.4. The van der Waals surface area contributed by atoms with Gasteiger partial charge in [-0.3, -0.25) is 5.43 Å². The van der Waals surface area contributed by atoms with E-state index in [2.05, 4.69) is 15.8 Å². The lowest BCUT2D eigenvalue weighted by atomic mass is 10.1. The van der Waals surface area contributed by atoms with Gasteiger partial charge in [-0.2, -0.15) is 9.41 Å². The van der Waals surface area contributed by atoms with Crippen LogP contribution in [0.25, 0.3) is 0 Å². The zero-order valence-corrected chi connectivity index (χ0v) is 20.3. The monoisotopic (exact) mass is 520 g/mol. The first kappa shape index (κ1) is 24.2. The Morgan fingerprint density at radius 2 is 1.71 bits per heavy atom. The van der Waals surface area contributed by atoms with Crippen LogP contribution >= 0.6 is 47.0 Å². The van der Waals surface area contributed by atoms with Crippen molar-refractivity contribution in [3.05, 3.63) is 57.0 Å². The number of anilines is 1. The molecule has 0 aromatic heterocycles. The van der Waals surface area contributed by atoms with Crippen molar-refractivity contribution in [2.45, 2.75) is 11.8 Å². The molecule has 1 fully saturated rings. The molecule has 0 unspecified atom stereocenters. The largest absolute Gasteiger partial charge is 0.379 e. The van der Waals surface area contributed by atoms with Gasteiger partial charge in [-0.15, -0.1) is 0 Å². The van der Waals surface area contributed by atoms with E-state index in [1.807, 2.05) is 0 Å². The van der Waals surface area contributed by atoms with Crippen LogP contribution in [0, 0.1) is 0 Å². The first-order chi connectivity index (χ1) is 14.7. The van der Waals surface area contributed by atoms with Crippen LogP contribution < -0.4 is 10.7 Å². The second-order valence-electron chi connectivity index (χ2n) is 6.53. The summed E-state index contributed by atoms with van der Waals surface area (Å²) >= 11 is 23.5. The van der Waals surface area contributed by atoms with Crippen molar-refractivity contribution in [2.24, 2.45) is 5.10 Å². The van der Waals surface area contributed by atoms with Crippen LogP contribution in [0.3, 0.4) is 0 Å². The van der Waals surface area contributed by atoms with E-state index >= 15 is 0 Å². The number of rotatable bonds is 5. The smallest absolute Gasteiger partial charge is 0.243 e. The number of hydrazone groups is 1. The fraction of sp³-hybridized carbons (Fsp3) is 0.263. The van der Waals surface area contributed by atoms with Gasteiger partial charge in [0.1, 0.15) is 0 Å². The Kier molecular flexibility index (Phi) is 8.14. The lowest BCUT2D eigenvalue weighted by Crippen LogP contribution is -2.40. The first-order valence-electron chi connectivity index (χ1n) is 9.13. The van der Waals surface area contributed by atoms with E-state index in [1.54, 1.807) is 31.2 Å². The van der Waals surface area contributed by atoms with Gasteiger partial charge in [0.25, 0.3) is 0 Å². The molecule has 0 spiro atoms. The third-order valence-corrected chi connectivity index (χ3v) is 7.87. The van der Waals surface area contributed by atoms with Crippen molar-refractivity contribution < 1.29 is 13.2 Å². The topological polar surface area (TPSA) is 83.0 Å². The van der Waals surface area contributed by atoms with E-state index in [0.717, 1.165) is 0 Å². The average molecular weight is 522 g/mol. The molecule has 3 rings (SSSR count). The second kappa shape index (κ2) is 10.4. The SMILES string of the molecule is C/C(=N/NC(=S)Nc1ccc(S(=O)(=O)N2CCOCC2)cc1)c1ccc(Cl)c(Cl)c1Cl. The number of hydrogen-bond acceptors (Lipinski definition) is 5. The fourth-order valence-corrected chi connectivity index (χ4v) is 5.05. The number of hydrogen-bond donors (Lipinski definition) is 2. The van der Waals surface area contributed by atoms with Crippen LogP contribution in [0.1, 0.15) is 12.5 Å². The van der Waals surface area contributed by atoms with Crippen LogP contribution in [-0.2, 0) is 14.8 Å². The molecule has 0 radical (unpaired) electrons. The molecule has 2 aromatic rings. The number of morpholine rings is 1. The molecule has 0 bridgehead atoms. The maximum absolute atomic E-state index is 12.7. The highest BCUT2D eigenvalue weighted by atomic mass is 35.5. The minimum Gasteiger partial charge on any atom is -0.379 e. The molecule has 0 atom stereocenters. The average Bonchev–Trinajstić information content (AvgIpc) is 2.77. The van der Waals surface area contributed by atoms with E-state index in [9.17, 15) is 8.42 Å². The molecule has 1 aliphatic rings. The Balaban J connectivity index is 1.63. The van der Waals surface area contributed by atoms with Crippen molar-refractivity contribution >= 4 is 73.6 Å². The van der Waals surface area contributed by atoms with Crippen LogP contribution in [0.4, 0.5) is 5.69 Å². The number of sulfonamides is 1. The van der Waals surface area contributed by atoms with Crippen molar-refractivity contribution in [1.29, 1.82) is 0 Å². The minimum atomic E-state index is -3.55. The normalized spacial score (nSPS) is 15.5. The molecule has 0 saturated carbocycles. The van der Waals surface area contributed by atoms with Crippen LogP contribution in [0.15, 0.2) is 46.4 Å². The Bertz CT molecular complexity index is 1100. The number of thiocarbonyl (C=S) groups is 1. The molecule has 2 N–H and O–H groups in total. The van der Waals surface area contributed by atoms with Crippen molar-refractivity contribution in [3.8, 4) is 0 Å². The first-order valence-corrected chi connectivity index (χ1v) is 12.1. The van der Waals surface area contributed by atoms with Crippen LogP contribution in [-0.4, -0.2) is 49.9 Å². The van der Waals surface area contributed by atoms with Crippen molar-refractivity contribution in [3.63, 3.8) is 0 Å². The number of halogens is 3. The molecule has 0 amide bonds. The molecule has 31 heavy (non-hydrogen) atoms. The molecular formula is C19H19Cl3N4O3S2. The van der Waals surface area contributed by atoms with E-state index < -0.39 is 10.0 Å². The highest BCUT2D eigenvalue weighted by molar-refractivity contribution is 7.89. The minimum absolute atomic E-state index is 0.210. The summed E-state index contributed by atoms with van der Waals surface area (Å²) in [5, 5.41) is 8.28. The summed E-state index contributed by atoms with van der Waals surface area (Å²) in [5.41, 5.74) is 4.50. The zero-order chi connectivity index (χ0) is 22.6. The number of nitrogens with zero attached hydrogens (tertiary/aromatic N) is 2. The molecule has 12 heteroatoms. The molecule has 1 heterocycles. The number of ether oxygens (including phenoxy) is 1. The van der Waals surface area contributed by atoms with Gasteiger partial charge in [0, 0.05) is 24.3 Å². The van der Waals surface area contributed by atoms with Crippen molar-refractivity contribution in [2.75, 3.05) is 31.6 Å². The second-order valence-corrected chi connectivity index (χ2v) is 10.0. The van der Waals surface area contributed by atoms with Crippen LogP contribution in [0.2, 0.25) is 15.1 Å². The summed E-state index contributed by atoms with van der Waals surface area (Å²) < 4.78 is 32.0. The van der Waals surface area contributed by atoms with Crippen LogP contribution in [0.5, 0.6) is 0 Å². The van der Waals surface area contributed by atoms with Gasteiger partial charge in [0.2, 0.25) is 10.0 Å². The van der Waals surface area contributed by atoms with Gasteiger partial charge in [-0.1, -0.05) is 40.9 Å². The van der Waals surface area contributed by atoms with Gasteiger partial charge in [0.15, 0.2) is 5.11 Å². The fourth-order valence-electron chi connectivity index (χ4n) is 2.81. The number of benzene rings is 2. The van der Waals surface area contributed by atoms with Crippen molar-refractivity contribution in [1.82, 2.24) is 9.73 Å². The Morgan fingerprint density at radius 3 is 2.35 bits per heavy atom. The quantitative estimate of drug-likeness (QED) is 0.263. The van der Waals surface area contributed by atoms with E-state index in [1.165, 1.54) is 16.4 Å². The highest BCUT2D eigenvalue weighted by Crippen LogP contribution is 2.32. The van der Waals surface area contributed by atoms with Gasteiger partial charge in [-0.25, -0.2) is 8.42 Å². The van der Waals surface area contributed by atoms with Gasteiger partial charge in [-0.05, 0) is 49.5 Å². The van der Waals surface area contributed by atoms with E-state index in [-0.39, 0.29) is 15.0 Å². The lowest BCUT2D eigenvalue weighted by Gasteiger charge is -2.26. The summed E-state index contributed by atoms with van der Waals surface area (Å²) in [6.07, 6.45) is 0. The summed E-state index contributed by atoms with van der Waals surface area (Å²) in [4.78, 5) is 0.210. The van der Waals surface area contributed by atoms with Gasteiger partial charge < -0.3 is 10.1 Å². The Hall–Kier alpha value is -1.46. The molecule has 7 nitrogen and oxygen atoms in total. The third-order valence-electron chi connectivity index (χ3n) is 4.47.